The molecule has 1 saturated heterocycles. The van der Waals surface area contributed by atoms with Crippen molar-refractivity contribution in [1.82, 2.24) is 4.31 Å². The Morgan fingerprint density at radius 2 is 1.79 bits per heavy atom. The van der Waals surface area contributed by atoms with Gasteiger partial charge in [-0.3, -0.25) is 0 Å². The minimum absolute atomic E-state index is 0.106. The van der Waals surface area contributed by atoms with E-state index in [4.69, 9.17) is 11.6 Å². The fraction of sp³-hybridized carbons (Fsp3) is 0.538. The number of halogens is 1. The molecule has 1 aromatic rings. The lowest BCUT2D eigenvalue weighted by atomic mass is 10.2. The average molecular weight is 301 g/mol. The third-order valence-electron chi connectivity index (χ3n) is 3.72. The Bertz CT molecular complexity index is 564. The number of hydrogen-bond acceptors (Lipinski definition) is 3. The summed E-state index contributed by atoms with van der Waals surface area (Å²) in [5, 5.41) is 0.607. The maximum absolute atomic E-state index is 12.1. The van der Waals surface area contributed by atoms with Crippen molar-refractivity contribution in [3.63, 3.8) is 0 Å². The van der Waals surface area contributed by atoms with Crippen LogP contribution in [0, 0.1) is 0 Å². The number of hydrogen-bond donors (Lipinski definition) is 0. The van der Waals surface area contributed by atoms with Gasteiger partial charge < -0.3 is 4.90 Å². The van der Waals surface area contributed by atoms with Crippen LogP contribution in [0.25, 0.3) is 0 Å². The summed E-state index contributed by atoms with van der Waals surface area (Å²) in [6.07, 6.45) is 1.66. The van der Waals surface area contributed by atoms with Gasteiger partial charge in [-0.05, 0) is 31.0 Å². The lowest BCUT2D eigenvalue weighted by Crippen LogP contribution is -2.49. The SMILES string of the molecule is O=S(=O)(C1CC1)N1CCN(c2cccc(Cl)c2)CC1. The van der Waals surface area contributed by atoms with E-state index in [0.717, 1.165) is 31.6 Å². The van der Waals surface area contributed by atoms with E-state index in [9.17, 15) is 8.42 Å². The first-order valence-electron chi connectivity index (χ1n) is 6.57. The minimum Gasteiger partial charge on any atom is -0.369 e. The average Bonchev–Trinajstić information content (AvgIpc) is 3.23. The molecule has 104 valence electrons. The van der Waals surface area contributed by atoms with E-state index >= 15 is 0 Å². The zero-order valence-corrected chi connectivity index (χ0v) is 12.2. The third kappa shape index (κ3) is 2.73. The fourth-order valence-corrected chi connectivity index (χ4v) is 4.46. The zero-order valence-electron chi connectivity index (χ0n) is 10.6. The summed E-state index contributed by atoms with van der Waals surface area (Å²) in [6, 6.07) is 7.70. The van der Waals surface area contributed by atoms with Gasteiger partial charge in [0.15, 0.2) is 0 Å². The van der Waals surface area contributed by atoms with Crippen LogP contribution in [0.4, 0.5) is 5.69 Å². The van der Waals surface area contributed by atoms with Gasteiger partial charge in [-0.2, -0.15) is 4.31 Å². The van der Waals surface area contributed by atoms with Crippen LogP contribution in [0.3, 0.4) is 0 Å². The fourth-order valence-electron chi connectivity index (χ4n) is 2.45. The summed E-state index contributed by atoms with van der Waals surface area (Å²) in [4.78, 5) is 2.19. The molecule has 0 aromatic heterocycles. The Kier molecular flexibility index (Phi) is 3.45. The van der Waals surface area contributed by atoms with Crippen LogP contribution in [-0.2, 0) is 10.0 Å². The topological polar surface area (TPSA) is 40.6 Å². The molecule has 4 nitrogen and oxygen atoms in total. The number of rotatable bonds is 3. The Hall–Kier alpha value is -0.780. The monoisotopic (exact) mass is 300 g/mol. The first kappa shape index (κ1) is 13.2. The summed E-state index contributed by atoms with van der Waals surface area (Å²) < 4.78 is 25.9. The van der Waals surface area contributed by atoms with Crippen molar-refractivity contribution in [2.45, 2.75) is 18.1 Å². The largest absolute Gasteiger partial charge is 0.369 e. The van der Waals surface area contributed by atoms with E-state index in [0.29, 0.717) is 18.1 Å². The number of sulfonamides is 1. The van der Waals surface area contributed by atoms with Gasteiger partial charge in [0.25, 0.3) is 0 Å². The Morgan fingerprint density at radius 3 is 2.37 bits per heavy atom. The quantitative estimate of drug-likeness (QED) is 0.857. The predicted octanol–water partition coefficient (Wildman–Crippen LogP) is 1.95. The van der Waals surface area contributed by atoms with Crippen molar-refractivity contribution in [2.75, 3.05) is 31.1 Å². The molecule has 0 spiro atoms. The standard InChI is InChI=1S/C13H17ClN2O2S/c14-11-2-1-3-12(10-11)15-6-8-16(9-7-15)19(17,18)13-4-5-13/h1-3,10,13H,4-9H2. The van der Waals surface area contributed by atoms with Crippen LogP contribution in [0.5, 0.6) is 0 Å². The van der Waals surface area contributed by atoms with E-state index in [1.807, 2.05) is 24.3 Å². The first-order chi connectivity index (χ1) is 9.07. The predicted molar refractivity (Wildman–Crippen MR) is 77.2 cm³/mol. The van der Waals surface area contributed by atoms with E-state index in [1.165, 1.54) is 0 Å². The molecule has 0 radical (unpaired) electrons. The highest BCUT2D eigenvalue weighted by Gasteiger charge is 2.40. The lowest BCUT2D eigenvalue weighted by Gasteiger charge is -2.35. The van der Waals surface area contributed by atoms with E-state index < -0.39 is 10.0 Å². The van der Waals surface area contributed by atoms with Crippen molar-refractivity contribution in [1.29, 1.82) is 0 Å². The number of nitrogens with zero attached hydrogens (tertiary/aromatic N) is 2. The highest BCUT2D eigenvalue weighted by atomic mass is 35.5. The van der Waals surface area contributed by atoms with Gasteiger partial charge in [-0.25, -0.2) is 8.42 Å². The zero-order chi connectivity index (χ0) is 13.5. The van der Waals surface area contributed by atoms with Crippen LogP contribution in [0.1, 0.15) is 12.8 Å². The normalized spacial score (nSPS) is 21.6. The molecule has 0 amide bonds. The molecule has 3 rings (SSSR count). The molecule has 1 aliphatic carbocycles. The highest BCUT2D eigenvalue weighted by molar-refractivity contribution is 7.90. The van der Waals surface area contributed by atoms with Gasteiger partial charge in [0.2, 0.25) is 10.0 Å². The molecular weight excluding hydrogens is 284 g/mol. The maximum Gasteiger partial charge on any atom is 0.217 e. The number of piperazine rings is 1. The molecular formula is C13H17ClN2O2S. The molecule has 1 aromatic carbocycles. The van der Waals surface area contributed by atoms with Crippen LogP contribution in [0.15, 0.2) is 24.3 Å². The highest BCUT2D eigenvalue weighted by Crippen LogP contribution is 2.32. The molecule has 19 heavy (non-hydrogen) atoms. The van der Waals surface area contributed by atoms with Crippen LogP contribution in [0.2, 0.25) is 5.02 Å². The van der Waals surface area contributed by atoms with Gasteiger partial charge in [0, 0.05) is 36.9 Å². The molecule has 1 saturated carbocycles. The van der Waals surface area contributed by atoms with Crippen molar-refractivity contribution < 1.29 is 8.42 Å². The summed E-state index contributed by atoms with van der Waals surface area (Å²) in [7, 11) is -3.02. The second-order valence-electron chi connectivity index (χ2n) is 5.11. The summed E-state index contributed by atoms with van der Waals surface area (Å²) >= 11 is 5.98. The number of benzene rings is 1. The molecule has 1 aliphatic heterocycles. The Balaban J connectivity index is 1.66. The third-order valence-corrected chi connectivity index (χ3v) is 6.35. The van der Waals surface area contributed by atoms with Crippen molar-refractivity contribution >= 4 is 27.3 Å². The molecule has 0 atom stereocenters. The lowest BCUT2D eigenvalue weighted by molar-refractivity contribution is 0.384. The van der Waals surface area contributed by atoms with Crippen LogP contribution in [-0.4, -0.2) is 44.2 Å². The van der Waals surface area contributed by atoms with Crippen molar-refractivity contribution in [2.24, 2.45) is 0 Å². The maximum atomic E-state index is 12.1. The van der Waals surface area contributed by atoms with Crippen LogP contribution < -0.4 is 4.90 Å². The Labute approximate surface area is 119 Å². The van der Waals surface area contributed by atoms with Crippen molar-refractivity contribution in [3.05, 3.63) is 29.3 Å². The molecule has 2 fully saturated rings. The van der Waals surface area contributed by atoms with Gasteiger partial charge in [-0.1, -0.05) is 17.7 Å². The molecule has 0 N–H and O–H groups in total. The summed E-state index contributed by atoms with van der Waals surface area (Å²) in [6.45, 7) is 2.61. The molecule has 0 unspecified atom stereocenters. The van der Waals surface area contributed by atoms with Gasteiger partial charge in [0.1, 0.15) is 0 Å². The van der Waals surface area contributed by atoms with E-state index in [-0.39, 0.29) is 5.25 Å². The van der Waals surface area contributed by atoms with Gasteiger partial charge in [-0.15, -0.1) is 0 Å². The number of anilines is 1. The molecule has 0 bridgehead atoms. The minimum atomic E-state index is -3.02. The molecule has 1 heterocycles. The second kappa shape index (κ2) is 4.96. The van der Waals surface area contributed by atoms with Gasteiger partial charge >= 0.3 is 0 Å². The Morgan fingerprint density at radius 1 is 1.11 bits per heavy atom. The first-order valence-corrected chi connectivity index (χ1v) is 8.45. The van der Waals surface area contributed by atoms with Crippen LogP contribution >= 0.6 is 11.6 Å². The molecule has 2 aliphatic rings. The second-order valence-corrected chi connectivity index (χ2v) is 7.76. The molecule has 6 heteroatoms. The van der Waals surface area contributed by atoms with Crippen molar-refractivity contribution in [3.8, 4) is 0 Å². The van der Waals surface area contributed by atoms with E-state index in [2.05, 4.69) is 4.90 Å². The summed E-state index contributed by atoms with van der Waals surface area (Å²) in [5.41, 5.74) is 1.07. The summed E-state index contributed by atoms with van der Waals surface area (Å²) in [5.74, 6) is 0. The van der Waals surface area contributed by atoms with Gasteiger partial charge in [0.05, 0.1) is 5.25 Å². The smallest absolute Gasteiger partial charge is 0.217 e. The van der Waals surface area contributed by atoms with E-state index in [1.54, 1.807) is 4.31 Å².